The van der Waals surface area contributed by atoms with Gasteiger partial charge in [0.1, 0.15) is 0 Å². The third kappa shape index (κ3) is 5.38. The number of nitrogens with one attached hydrogen (secondary N) is 1. The highest BCUT2D eigenvalue weighted by atomic mass is 32.2. The van der Waals surface area contributed by atoms with E-state index >= 15 is 0 Å². The van der Waals surface area contributed by atoms with Crippen LogP contribution in [-0.2, 0) is 5.75 Å². The zero-order valence-electron chi connectivity index (χ0n) is 19.2. The minimum Gasteiger partial charge on any atom is -0.493 e. The van der Waals surface area contributed by atoms with Crippen LogP contribution in [0, 0.1) is 0 Å². The molecule has 0 fully saturated rings. The van der Waals surface area contributed by atoms with E-state index in [1.54, 1.807) is 32.0 Å². The van der Waals surface area contributed by atoms with Crippen LogP contribution in [0.4, 0.5) is 0 Å². The molecule has 0 atom stereocenters. The number of methoxy groups -OCH3 is 2. The number of rotatable bonds is 8. The number of hydrogen-bond acceptors (Lipinski definition) is 6. The number of para-hydroxylation sites is 1. The van der Waals surface area contributed by atoms with Crippen LogP contribution in [0.2, 0.25) is 0 Å². The molecule has 1 aromatic heterocycles. The summed E-state index contributed by atoms with van der Waals surface area (Å²) in [6.07, 6.45) is 1.81. The summed E-state index contributed by atoms with van der Waals surface area (Å²) in [5.74, 6) is 1.76. The van der Waals surface area contributed by atoms with Crippen molar-refractivity contribution in [3.63, 3.8) is 0 Å². The van der Waals surface area contributed by atoms with E-state index < -0.39 is 0 Å². The minimum absolute atomic E-state index is 0.266. The lowest BCUT2D eigenvalue weighted by Gasteiger charge is -2.09. The van der Waals surface area contributed by atoms with Crippen LogP contribution < -0.4 is 14.9 Å². The van der Waals surface area contributed by atoms with Crippen molar-refractivity contribution in [3.8, 4) is 11.5 Å². The topological polar surface area (TPSA) is 72.8 Å². The first kappa shape index (κ1) is 23.3. The number of amides is 1. The maximum Gasteiger partial charge on any atom is 0.271 e. The SMILES string of the molecule is COc1ccc(/C(C)=N\NC(=O)c2ccc(CSc3cccc4cccnc34)cc2)cc1OC. The van der Waals surface area contributed by atoms with Gasteiger partial charge >= 0.3 is 0 Å². The van der Waals surface area contributed by atoms with Gasteiger partial charge in [0.05, 0.1) is 25.4 Å². The normalized spacial score (nSPS) is 11.3. The Bertz CT molecular complexity index is 1330. The van der Waals surface area contributed by atoms with Crippen molar-refractivity contribution in [2.24, 2.45) is 5.10 Å². The van der Waals surface area contributed by atoms with Crippen molar-refractivity contribution in [2.75, 3.05) is 14.2 Å². The molecule has 6 nitrogen and oxygen atoms in total. The van der Waals surface area contributed by atoms with Gasteiger partial charge in [0.25, 0.3) is 5.91 Å². The average Bonchev–Trinajstić information content (AvgIpc) is 2.90. The summed E-state index contributed by atoms with van der Waals surface area (Å²) in [6, 6.07) is 23.2. The zero-order chi connectivity index (χ0) is 23.9. The lowest BCUT2D eigenvalue weighted by atomic mass is 10.1. The number of thioether (sulfide) groups is 1. The Morgan fingerprint density at radius 1 is 0.941 bits per heavy atom. The third-order valence-electron chi connectivity index (χ3n) is 5.33. The fourth-order valence-electron chi connectivity index (χ4n) is 3.43. The lowest BCUT2D eigenvalue weighted by Crippen LogP contribution is -2.19. The molecule has 0 spiro atoms. The molecule has 0 radical (unpaired) electrons. The summed E-state index contributed by atoms with van der Waals surface area (Å²) in [7, 11) is 3.17. The first-order valence-electron chi connectivity index (χ1n) is 10.7. The molecule has 0 aliphatic carbocycles. The Morgan fingerprint density at radius 3 is 2.44 bits per heavy atom. The molecule has 0 saturated heterocycles. The summed E-state index contributed by atoms with van der Waals surface area (Å²) in [5, 5.41) is 5.37. The molecule has 4 rings (SSSR count). The average molecular weight is 472 g/mol. The van der Waals surface area contributed by atoms with Crippen LogP contribution in [0.15, 0.2) is 89.0 Å². The summed E-state index contributed by atoms with van der Waals surface area (Å²) < 4.78 is 10.6. The third-order valence-corrected chi connectivity index (χ3v) is 6.45. The smallest absolute Gasteiger partial charge is 0.271 e. The van der Waals surface area contributed by atoms with E-state index in [1.807, 2.05) is 61.7 Å². The van der Waals surface area contributed by atoms with Gasteiger partial charge in [-0.1, -0.05) is 30.3 Å². The quantitative estimate of drug-likeness (QED) is 0.203. The fraction of sp³-hybridized carbons (Fsp3) is 0.148. The van der Waals surface area contributed by atoms with E-state index in [-0.39, 0.29) is 5.91 Å². The molecule has 1 heterocycles. The molecule has 0 aliphatic rings. The molecule has 7 heteroatoms. The molecule has 34 heavy (non-hydrogen) atoms. The standard InChI is InChI=1S/C27H25N3O3S/c1-18(22-13-14-23(32-2)24(16-22)33-3)29-30-27(31)21-11-9-19(10-12-21)17-34-25-8-4-6-20-7-5-15-28-26(20)25/h4-16H,17H2,1-3H3,(H,30,31)/b29-18-. The van der Waals surface area contributed by atoms with Crippen molar-refractivity contribution in [2.45, 2.75) is 17.6 Å². The minimum atomic E-state index is -0.266. The summed E-state index contributed by atoms with van der Waals surface area (Å²) in [5.41, 5.74) is 6.79. The predicted molar refractivity (Wildman–Crippen MR) is 137 cm³/mol. The molecule has 1 N–H and O–H groups in total. The predicted octanol–water partition coefficient (Wildman–Crippen LogP) is 5.70. The number of carbonyl (C=O) groups is 1. The van der Waals surface area contributed by atoms with Crippen molar-refractivity contribution in [1.82, 2.24) is 10.4 Å². The number of ether oxygens (including phenoxy) is 2. The van der Waals surface area contributed by atoms with Gasteiger partial charge in [0, 0.05) is 33.4 Å². The van der Waals surface area contributed by atoms with Crippen molar-refractivity contribution >= 4 is 34.3 Å². The first-order chi connectivity index (χ1) is 16.6. The molecule has 0 saturated carbocycles. The maximum absolute atomic E-state index is 12.6. The van der Waals surface area contributed by atoms with E-state index in [4.69, 9.17) is 9.47 Å². The Hall–Kier alpha value is -3.84. The molecular weight excluding hydrogens is 446 g/mol. The molecule has 4 aromatic rings. The second-order valence-electron chi connectivity index (χ2n) is 7.52. The van der Waals surface area contributed by atoms with Gasteiger partial charge in [0.2, 0.25) is 0 Å². The van der Waals surface area contributed by atoms with Gasteiger partial charge < -0.3 is 9.47 Å². The van der Waals surface area contributed by atoms with Gasteiger partial charge in [0.15, 0.2) is 11.5 Å². The fourth-order valence-corrected chi connectivity index (χ4v) is 4.43. The molecule has 0 bridgehead atoms. The van der Waals surface area contributed by atoms with E-state index in [1.165, 1.54) is 0 Å². The Morgan fingerprint density at radius 2 is 1.68 bits per heavy atom. The number of benzene rings is 3. The molecular formula is C27H25N3O3S. The van der Waals surface area contributed by atoms with Gasteiger partial charge in [-0.25, -0.2) is 5.43 Å². The van der Waals surface area contributed by atoms with Gasteiger partial charge in [-0.3, -0.25) is 9.78 Å². The first-order valence-corrected chi connectivity index (χ1v) is 11.7. The van der Waals surface area contributed by atoms with Gasteiger partial charge in [-0.05, 0) is 55.0 Å². The highest BCUT2D eigenvalue weighted by Gasteiger charge is 2.09. The summed E-state index contributed by atoms with van der Waals surface area (Å²) in [6.45, 7) is 1.82. The molecule has 3 aromatic carbocycles. The number of nitrogens with zero attached hydrogens (tertiary/aromatic N) is 2. The van der Waals surface area contributed by atoms with E-state index in [0.717, 1.165) is 32.7 Å². The number of carbonyl (C=O) groups excluding carboxylic acids is 1. The zero-order valence-corrected chi connectivity index (χ0v) is 20.1. The van der Waals surface area contributed by atoms with Crippen molar-refractivity contribution in [1.29, 1.82) is 0 Å². The Balaban J connectivity index is 1.38. The summed E-state index contributed by atoms with van der Waals surface area (Å²) >= 11 is 1.73. The van der Waals surface area contributed by atoms with E-state index in [0.29, 0.717) is 22.8 Å². The molecule has 1 amide bonds. The van der Waals surface area contributed by atoms with Crippen molar-refractivity contribution in [3.05, 3.63) is 95.7 Å². The highest BCUT2D eigenvalue weighted by Crippen LogP contribution is 2.29. The maximum atomic E-state index is 12.6. The highest BCUT2D eigenvalue weighted by molar-refractivity contribution is 7.98. The van der Waals surface area contributed by atoms with Crippen LogP contribution >= 0.6 is 11.8 Å². The monoisotopic (exact) mass is 471 g/mol. The molecule has 172 valence electrons. The number of hydrazone groups is 1. The van der Waals surface area contributed by atoms with Crippen LogP contribution in [0.25, 0.3) is 10.9 Å². The number of hydrogen-bond donors (Lipinski definition) is 1. The number of aromatic nitrogens is 1. The van der Waals surface area contributed by atoms with Gasteiger partial charge in [-0.2, -0.15) is 5.10 Å². The number of fused-ring (bicyclic) bond motifs is 1. The van der Waals surface area contributed by atoms with E-state index in [9.17, 15) is 4.79 Å². The van der Waals surface area contributed by atoms with Crippen LogP contribution in [0.1, 0.15) is 28.4 Å². The second kappa shape index (κ2) is 10.9. The molecule has 0 unspecified atom stereocenters. The van der Waals surface area contributed by atoms with Crippen molar-refractivity contribution < 1.29 is 14.3 Å². The number of pyridine rings is 1. The van der Waals surface area contributed by atoms with E-state index in [2.05, 4.69) is 33.7 Å². The van der Waals surface area contributed by atoms with Crippen LogP contribution in [0.3, 0.4) is 0 Å². The Labute approximate surface area is 203 Å². The second-order valence-corrected chi connectivity index (χ2v) is 8.54. The Kier molecular flexibility index (Phi) is 7.44. The largest absolute Gasteiger partial charge is 0.493 e. The van der Waals surface area contributed by atoms with Crippen LogP contribution in [-0.4, -0.2) is 30.8 Å². The summed E-state index contributed by atoms with van der Waals surface area (Å²) in [4.78, 5) is 18.2. The lowest BCUT2D eigenvalue weighted by molar-refractivity contribution is 0.0955. The van der Waals surface area contributed by atoms with Gasteiger partial charge in [-0.15, -0.1) is 11.8 Å². The van der Waals surface area contributed by atoms with Crippen LogP contribution in [0.5, 0.6) is 11.5 Å². The molecule has 0 aliphatic heterocycles.